The number of halogens is 1. The number of Topliss-reactive ketones (excluding diaryl/α,β-unsaturated/α-hetero) is 1. The molecule has 0 bridgehead atoms. The summed E-state index contributed by atoms with van der Waals surface area (Å²) in [5.74, 6) is 0.674. The van der Waals surface area contributed by atoms with Crippen LogP contribution in [0.2, 0.25) is 5.02 Å². The van der Waals surface area contributed by atoms with Gasteiger partial charge in [-0.3, -0.25) is 14.2 Å². The molecule has 1 atom stereocenters. The summed E-state index contributed by atoms with van der Waals surface area (Å²) in [6.07, 6.45) is 1.63. The van der Waals surface area contributed by atoms with Crippen LogP contribution >= 0.6 is 23.4 Å². The molecule has 2 aromatic carbocycles. The van der Waals surface area contributed by atoms with Crippen LogP contribution in [-0.2, 0) is 6.54 Å². The SMILES string of the molecule is C=CCn1c(S[C@@H](C)C(=O)c2ccc(OCC)cc2)nc2ccc(Cl)cc2c1=O. The lowest BCUT2D eigenvalue weighted by Gasteiger charge is -2.15. The van der Waals surface area contributed by atoms with Gasteiger partial charge < -0.3 is 4.74 Å². The summed E-state index contributed by atoms with van der Waals surface area (Å²) in [6.45, 7) is 8.29. The molecule has 3 aromatic rings. The van der Waals surface area contributed by atoms with Crippen molar-refractivity contribution < 1.29 is 9.53 Å². The Bertz CT molecular complexity index is 1110. The van der Waals surface area contributed by atoms with Crippen LogP contribution in [0.3, 0.4) is 0 Å². The molecule has 29 heavy (non-hydrogen) atoms. The molecule has 1 heterocycles. The number of carbonyl (C=O) groups excluding carboxylic acids is 1. The number of hydrogen-bond donors (Lipinski definition) is 0. The molecule has 0 N–H and O–H groups in total. The van der Waals surface area contributed by atoms with Crippen LogP contribution in [0.1, 0.15) is 24.2 Å². The van der Waals surface area contributed by atoms with Gasteiger partial charge in [0.25, 0.3) is 5.56 Å². The molecular weight excluding hydrogens is 408 g/mol. The van der Waals surface area contributed by atoms with E-state index in [4.69, 9.17) is 16.3 Å². The molecule has 0 spiro atoms. The molecule has 0 fully saturated rings. The molecule has 0 radical (unpaired) electrons. The highest BCUT2D eigenvalue weighted by Crippen LogP contribution is 2.26. The van der Waals surface area contributed by atoms with Crippen LogP contribution in [0, 0.1) is 0 Å². The minimum atomic E-state index is -0.430. The van der Waals surface area contributed by atoms with Gasteiger partial charge in [-0.15, -0.1) is 6.58 Å². The van der Waals surface area contributed by atoms with E-state index in [9.17, 15) is 9.59 Å². The molecule has 0 saturated heterocycles. The second kappa shape index (κ2) is 9.29. The van der Waals surface area contributed by atoms with Crippen molar-refractivity contribution in [1.82, 2.24) is 9.55 Å². The van der Waals surface area contributed by atoms with Gasteiger partial charge in [0.15, 0.2) is 10.9 Å². The lowest BCUT2D eigenvalue weighted by Crippen LogP contribution is -2.24. The molecule has 0 aliphatic heterocycles. The standard InChI is InChI=1S/C22H21ClN2O3S/c1-4-12-25-21(27)18-13-16(23)8-11-19(18)24-22(25)29-14(3)20(26)15-6-9-17(10-7-15)28-5-2/h4,6-11,13-14H,1,5,12H2,2-3H3/t14-/m0/s1. The van der Waals surface area contributed by atoms with Crippen molar-refractivity contribution >= 4 is 40.0 Å². The number of fused-ring (bicyclic) bond motifs is 1. The van der Waals surface area contributed by atoms with Crippen molar-refractivity contribution in [3.8, 4) is 5.75 Å². The molecule has 7 heteroatoms. The monoisotopic (exact) mass is 428 g/mol. The summed E-state index contributed by atoms with van der Waals surface area (Å²) >= 11 is 7.28. The lowest BCUT2D eigenvalue weighted by molar-refractivity contribution is 0.0994. The summed E-state index contributed by atoms with van der Waals surface area (Å²) in [5.41, 5.74) is 0.919. The van der Waals surface area contributed by atoms with Crippen LogP contribution in [0.25, 0.3) is 10.9 Å². The van der Waals surface area contributed by atoms with E-state index in [0.717, 1.165) is 5.75 Å². The summed E-state index contributed by atoms with van der Waals surface area (Å²) in [5, 5.41) is 0.951. The number of nitrogens with zero attached hydrogens (tertiary/aromatic N) is 2. The van der Waals surface area contributed by atoms with Crippen LogP contribution in [-0.4, -0.2) is 27.2 Å². The second-order valence-electron chi connectivity index (χ2n) is 6.34. The third kappa shape index (κ3) is 4.71. The van der Waals surface area contributed by atoms with E-state index >= 15 is 0 Å². The molecular formula is C22H21ClN2O3S. The van der Waals surface area contributed by atoms with E-state index in [1.807, 2.05) is 6.92 Å². The van der Waals surface area contributed by atoms with E-state index in [-0.39, 0.29) is 11.3 Å². The average molecular weight is 429 g/mol. The number of carbonyl (C=O) groups is 1. The summed E-state index contributed by atoms with van der Waals surface area (Å²) in [4.78, 5) is 30.4. The van der Waals surface area contributed by atoms with E-state index in [2.05, 4.69) is 11.6 Å². The number of ketones is 1. The van der Waals surface area contributed by atoms with Gasteiger partial charge >= 0.3 is 0 Å². The third-order valence-electron chi connectivity index (χ3n) is 4.29. The van der Waals surface area contributed by atoms with Crippen molar-refractivity contribution in [2.45, 2.75) is 30.8 Å². The van der Waals surface area contributed by atoms with E-state index in [0.29, 0.717) is 39.8 Å². The van der Waals surface area contributed by atoms with Gasteiger partial charge in [0.2, 0.25) is 0 Å². The number of thioether (sulfide) groups is 1. The number of rotatable bonds is 8. The number of allylic oxidation sites excluding steroid dienone is 1. The first kappa shape index (κ1) is 21.1. The van der Waals surface area contributed by atoms with Crippen molar-refractivity contribution in [1.29, 1.82) is 0 Å². The first-order valence-electron chi connectivity index (χ1n) is 9.19. The van der Waals surface area contributed by atoms with Crippen molar-refractivity contribution in [2.24, 2.45) is 0 Å². The highest BCUT2D eigenvalue weighted by Gasteiger charge is 2.20. The van der Waals surface area contributed by atoms with Crippen molar-refractivity contribution in [3.05, 3.63) is 76.1 Å². The summed E-state index contributed by atoms with van der Waals surface area (Å²) in [6, 6.07) is 12.1. The molecule has 150 valence electrons. The van der Waals surface area contributed by atoms with Crippen LogP contribution in [0.15, 0.2) is 65.1 Å². The van der Waals surface area contributed by atoms with Crippen molar-refractivity contribution in [2.75, 3.05) is 6.61 Å². The average Bonchev–Trinajstić information content (AvgIpc) is 2.71. The Morgan fingerprint density at radius 2 is 2.03 bits per heavy atom. The maximum absolute atomic E-state index is 12.9. The quantitative estimate of drug-likeness (QED) is 0.219. The molecule has 0 amide bonds. The first-order chi connectivity index (χ1) is 13.9. The van der Waals surface area contributed by atoms with E-state index < -0.39 is 5.25 Å². The number of hydrogen-bond acceptors (Lipinski definition) is 5. The van der Waals surface area contributed by atoms with Gasteiger partial charge in [0.05, 0.1) is 22.8 Å². The van der Waals surface area contributed by atoms with Gasteiger partial charge in [-0.2, -0.15) is 0 Å². The zero-order valence-corrected chi connectivity index (χ0v) is 17.8. The molecule has 0 aliphatic carbocycles. The van der Waals surface area contributed by atoms with Gasteiger partial charge in [-0.25, -0.2) is 4.98 Å². The molecule has 5 nitrogen and oxygen atoms in total. The Labute approximate surface area is 178 Å². The lowest BCUT2D eigenvalue weighted by atomic mass is 10.1. The van der Waals surface area contributed by atoms with Crippen LogP contribution < -0.4 is 10.3 Å². The molecule has 0 aliphatic rings. The largest absolute Gasteiger partial charge is 0.494 e. The topological polar surface area (TPSA) is 61.2 Å². The summed E-state index contributed by atoms with van der Waals surface area (Å²) < 4.78 is 6.93. The summed E-state index contributed by atoms with van der Waals surface area (Å²) in [7, 11) is 0. The maximum Gasteiger partial charge on any atom is 0.262 e. The predicted octanol–water partition coefficient (Wildman–Crippen LogP) is 5.00. The van der Waals surface area contributed by atoms with Gasteiger partial charge in [0.1, 0.15) is 5.75 Å². The van der Waals surface area contributed by atoms with Gasteiger partial charge in [-0.1, -0.05) is 29.4 Å². The Balaban J connectivity index is 1.92. The Morgan fingerprint density at radius 1 is 1.31 bits per heavy atom. The third-order valence-corrected chi connectivity index (χ3v) is 5.62. The zero-order valence-electron chi connectivity index (χ0n) is 16.2. The maximum atomic E-state index is 12.9. The Kier molecular flexibility index (Phi) is 6.77. The predicted molar refractivity (Wildman–Crippen MR) is 118 cm³/mol. The molecule has 1 aromatic heterocycles. The van der Waals surface area contributed by atoms with Crippen LogP contribution in [0.5, 0.6) is 5.75 Å². The smallest absolute Gasteiger partial charge is 0.262 e. The zero-order chi connectivity index (χ0) is 21.0. The first-order valence-corrected chi connectivity index (χ1v) is 10.4. The number of ether oxygens (including phenoxy) is 1. The fourth-order valence-electron chi connectivity index (χ4n) is 2.88. The van der Waals surface area contributed by atoms with Gasteiger partial charge in [0, 0.05) is 17.1 Å². The van der Waals surface area contributed by atoms with E-state index in [1.165, 1.54) is 16.3 Å². The van der Waals surface area contributed by atoms with E-state index in [1.54, 1.807) is 55.5 Å². The number of aromatic nitrogens is 2. The van der Waals surface area contributed by atoms with Crippen molar-refractivity contribution in [3.63, 3.8) is 0 Å². The molecule has 0 unspecified atom stereocenters. The highest BCUT2D eigenvalue weighted by atomic mass is 35.5. The Morgan fingerprint density at radius 3 is 2.69 bits per heavy atom. The Hall–Kier alpha value is -2.57. The fourth-order valence-corrected chi connectivity index (χ4v) is 4.05. The van der Waals surface area contributed by atoms with Gasteiger partial charge in [-0.05, 0) is 56.3 Å². The normalized spacial score (nSPS) is 12.0. The molecule has 3 rings (SSSR count). The fraction of sp³-hybridized carbons (Fsp3) is 0.227. The minimum absolute atomic E-state index is 0.0475. The van der Waals surface area contributed by atoms with Crippen LogP contribution in [0.4, 0.5) is 0 Å². The molecule has 0 saturated carbocycles. The number of benzene rings is 2. The minimum Gasteiger partial charge on any atom is -0.494 e. The highest BCUT2D eigenvalue weighted by molar-refractivity contribution is 8.00. The second-order valence-corrected chi connectivity index (χ2v) is 8.09.